The van der Waals surface area contributed by atoms with Crippen LogP contribution in [0.2, 0.25) is 5.02 Å². The average molecular weight is 486 g/mol. The zero-order valence-electron chi connectivity index (χ0n) is 18.4. The Morgan fingerprint density at radius 1 is 1.24 bits per heavy atom. The molecule has 2 heterocycles. The number of halogens is 1. The van der Waals surface area contributed by atoms with Crippen LogP contribution < -0.4 is 25.4 Å². The highest BCUT2D eigenvalue weighted by Gasteiger charge is 2.21. The number of benzene rings is 2. The van der Waals surface area contributed by atoms with Crippen molar-refractivity contribution in [3.63, 3.8) is 0 Å². The van der Waals surface area contributed by atoms with E-state index in [1.165, 1.54) is 13.4 Å². The van der Waals surface area contributed by atoms with E-state index in [1.54, 1.807) is 30.3 Å². The van der Waals surface area contributed by atoms with Crippen LogP contribution in [0.3, 0.4) is 0 Å². The van der Waals surface area contributed by atoms with Crippen LogP contribution in [-0.2, 0) is 16.1 Å². The summed E-state index contributed by atoms with van der Waals surface area (Å²) < 4.78 is 11.3. The van der Waals surface area contributed by atoms with Crippen LogP contribution in [0.1, 0.15) is 18.4 Å². The van der Waals surface area contributed by atoms with Gasteiger partial charge in [0, 0.05) is 35.1 Å². The number of ether oxygens (including phenoxy) is 2. The number of aromatic nitrogens is 2. The van der Waals surface area contributed by atoms with E-state index in [2.05, 4.69) is 25.9 Å². The number of hydrogen-bond acceptors (Lipinski definition) is 8. The summed E-state index contributed by atoms with van der Waals surface area (Å²) in [7, 11) is 1.54. The lowest BCUT2D eigenvalue weighted by Crippen LogP contribution is -2.48. The van der Waals surface area contributed by atoms with Crippen molar-refractivity contribution in [3.8, 4) is 11.5 Å². The molecule has 0 saturated heterocycles. The van der Waals surface area contributed by atoms with Crippen LogP contribution in [0.15, 0.2) is 36.7 Å². The van der Waals surface area contributed by atoms with Gasteiger partial charge in [0.2, 0.25) is 11.8 Å². The van der Waals surface area contributed by atoms with Gasteiger partial charge in [-0.25, -0.2) is 9.97 Å². The number of anilines is 2. The Morgan fingerprint density at radius 3 is 2.88 bits per heavy atom. The minimum absolute atomic E-state index is 0.122. The van der Waals surface area contributed by atoms with Crippen molar-refractivity contribution in [2.75, 3.05) is 25.6 Å². The molecule has 2 aromatic carbocycles. The lowest BCUT2D eigenvalue weighted by molar-refractivity contribution is -0.130. The molecular weight excluding hydrogens is 462 g/mol. The first-order chi connectivity index (χ1) is 16.5. The summed E-state index contributed by atoms with van der Waals surface area (Å²) in [5.74, 6) is 0.629. The van der Waals surface area contributed by atoms with Crippen molar-refractivity contribution < 1.29 is 24.2 Å². The quantitative estimate of drug-likeness (QED) is 0.434. The maximum Gasteiger partial charge on any atom is 0.245 e. The molecule has 34 heavy (non-hydrogen) atoms. The van der Waals surface area contributed by atoms with Gasteiger partial charge in [-0.3, -0.25) is 9.59 Å². The van der Waals surface area contributed by atoms with Gasteiger partial charge < -0.3 is 30.5 Å². The van der Waals surface area contributed by atoms with E-state index in [0.717, 1.165) is 5.56 Å². The van der Waals surface area contributed by atoms with Crippen LogP contribution in [0.4, 0.5) is 11.5 Å². The van der Waals surface area contributed by atoms with Crippen molar-refractivity contribution in [3.05, 3.63) is 47.2 Å². The zero-order valence-corrected chi connectivity index (χ0v) is 19.2. The summed E-state index contributed by atoms with van der Waals surface area (Å²) in [6, 6.07) is 7.66. The number of amides is 2. The van der Waals surface area contributed by atoms with Crippen LogP contribution in [0.5, 0.6) is 11.5 Å². The van der Waals surface area contributed by atoms with Gasteiger partial charge in [0.25, 0.3) is 0 Å². The van der Waals surface area contributed by atoms with Crippen molar-refractivity contribution >= 4 is 45.8 Å². The normalized spacial score (nSPS) is 17.1. The second-order valence-electron chi connectivity index (χ2n) is 7.64. The van der Waals surface area contributed by atoms with Crippen LogP contribution in [0, 0.1) is 0 Å². The van der Waals surface area contributed by atoms with Gasteiger partial charge in [-0.05, 0) is 30.2 Å². The van der Waals surface area contributed by atoms with Crippen molar-refractivity contribution in [2.24, 2.45) is 0 Å². The second kappa shape index (κ2) is 10.5. The monoisotopic (exact) mass is 485 g/mol. The lowest BCUT2D eigenvalue weighted by atomic mass is 10.1. The predicted octanol–water partition coefficient (Wildman–Crippen LogP) is 2.30. The topological polar surface area (TPSA) is 135 Å². The number of hydrogen-bond donors (Lipinski definition) is 4. The summed E-state index contributed by atoms with van der Waals surface area (Å²) in [5, 5.41) is 19.4. The Kier molecular flexibility index (Phi) is 7.29. The molecule has 10 nitrogen and oxygen atoms in total. The summed E-state index contributed by atoms with van der Waals surface area (Å²) in [5.41, 5.74) is 1.99. The maximum absolute atomic E-state index is 12.6. The summed E-state index contributed by atoms with van der Waals surface area (Å²) >= 11 is 6.23. The minimum atomic E-state index is -1.07. The van der Waals surface area contributed by atoms with Gasteiger partial charge in [-0.2, -0.15) is 0 Å². The molecule has 3 aromatic rings. The summed E-state index contributed by atoms with van der Waals surface area (Å²) in [4.78, 5) is 33.6. The molecule has 0 spiro atoms. The first-order valence-corrected chi connectivity index (χ1v) is 11.0. The molecule has 0 radical (unpaired) electrons. The summed E-state index contributed by atoms with van der Waals surface area (Å²) in [6.45, 7) is -0.155. The Morgan fingerprint density at radius 2 is 2.09 bits per heavy atom. The number of fused-ring (bicyclic) bond motifs is 2. The molecule has 1 atom stereocenters. The highest BCUT2D eigenvalue weighted by atomic mass is 35.5. The van der Waals surface area contributed by atoms with E-state index in [-0.39, 0.29) is 25.5 Å². The molecule has 1 unspecified atom stereocenters. The average Bonchev–Trinajstić information content (AvgIpc) is 2.83. The molecule has 2 amide bonds. The fraction of sp³-hybridized carbons (Fsp3) is 0.304. The number of aliphatic hydroxyl groups is 1. The van der Waals surface area contributed by atoms with Crippen LogP contribution in [-0.4, -0.2) is 53.3 Å². The molecule has 178 valence electrons. The molecule has 1 aliphatic rings. The van der Waals surface area contributed by atoms with E-state index in [0.29, 0.717) is 45.4 Å². The molecule has 2 bridgehead atoms. The standard InChI is InChI=1S/C23H24ClN5O5/c1-33-19-9-17-15-8-20(19)34-6-2-3-21(31)28-18(11-30)23(32)25-10-13-4-5-14(24)7-16(13)29-22(15)27-12-26-17/h4-5,7-9,12,18,30H,2-3,6,10-11H2,1H3,(H,25,32)(H,28,31)(H,26,27,29). The van der Waals surface area contributed by atoms with Gasteiger partial charge in [0.1, 0.15) is 18.2 Å². The lowest BCUT2D eigenvalue weighted by Gasteiger charge is -2.18. The van der Waals surface area contributed by atoms with E-state index in [9.17, 15) is 14.7 Å². The Hall–Kier alpha value is -3.63. The zero-order chi connectivity index (χ0) is 24.1. The fourth-order valence-corrected chi connectivity index (χ4v) is 3.74. The number of carbonyl (C=O) groups is 2. The highest BCUT2D eigenvalue weighted by molar-refractivity contribution is 6.30. The van der Waals surface area contributed by atoms with E-state index >= 15 is 0 Å². The van der Waals surface area contributed by atoms with E-state index in [4.69, 9.17) is 21.1 Å². The van der Waals surface area contributed by atoms with Gasteiger partial charge in [0.05, 0.1) is 25.8 Å². The Labute approximate surface area is 200 Å². The molecule has 11 heteroatoms. The Balaban J connectivity index is 1.77. The van der Waals surface area contributed by atoms with Crippen molar-refractivity contribution in [2.45, 2.75) is 25.4 Å². The molecule has 4 N–H and O–H groups in total. The third-order valence-corrected chi connectivity index (χ3v) is 5.57. The first-order valence-electron chi connectivity index (χ1n) is 10.7. The minimum Gasteiger partial charge on any atom is -0.493 e. The van der Waals surface area contributed by atoms with Gasteiger partial charge in [-0.15, -0.1) is 0 Å². The van der Waals surface area contributed by atoms with E-state index < -0.39 is 18.6 Å². The largest absolute Gasteiger partial charge is 0.493 e. The third-order valence-electron chi connectivity index (χ3n) is 5.34. The number of carbonyl (C=O) groups excluding carboxylic acids is 2. The van der Waals surface area contributed by atoms with Crippen LogP contribution in [0.25, 0.3) is 10.9 Å². The van der Waals surface area contributed by atoms with Crippen LogP contribution >= 0.6 is 11.6 Å². The number of aliphatic hydroxyl groups excluding tert-OH is 1. The van der Waals surface area contributed by atoms with Gasteiger partial charge in [-0.1, -0.05) is 17.7 Å². The molecule has 0 saturated carbocycles. The maximum atomic E-state index is 12.6. The molecule has 1 aliphatic heterocycles. The van der Waals surface area contributed by atoms with Crippen molar-refractivity contribution in [1.29, 1.82) is 0 Å². The van der Waals surface area contributed by atoms with Crippen molar-refractivity contribution in [1.82, 2.24) is 20.6 Å². The summed E-state index contributed by atoms with van der Waals surface area (Å²) in [6.07, 6.45) is 1.95. The second-order valence-corrected chi connectivity index (χ2v) is 8.08. The molecule has 4 rings (SSSR count). The highest BCUT2D eigenvalue weighted by Crippen LogP contribution is 2.35. The molecule has 1 aromatic heterocycles. The SMILES string of the molecule is COc1cc2ncnc3c2cc1OCCCC(=O)NC(CO)C(=O)NCc1ccc(Cl)cc1N3. The first kappa shape index (κ1) is 23.5. The fourth-order valence-electron chi connectivity index (χ4n) is 3.56. The molecular formula is C23H24ClN5O5. The Bertz CT molecular complexity index is 1220. The number of nitrogens with one attached hydrogen (secondary N) is 3. The smallest absolute Gasteiger partial charge is 0.245 e. The predicted molar refractivity (Wildman–Crippen MR) is 126 cm³/mol. The van der Waals surface area contributed by atoms with Gasteiger partial charge >= 0.3 is 0 Å². The van der Waals surface area contributed by atoms with E-state index in [1.807, 2.05) is 0 Å². The number of nitrogens with zero attached hydrogens (tertiary/aromatic N) is 2. The number of methoxy groups -OCH3 is 1. The van der Waals surface area contributed by atoms with Gasteiger partial charge in [0.15, 0.2) is 11.5 Å². The molecule has 0 aliphatic carbocycles. The molecule has 0 fully saturated rings. The third kappa shape index (κ3) is 5.29. The number of rotatable bonds is 2.